The van der Waals surface area contributed by atoms with E-state index in [4.69, 9.17) is 4.74 Å². The fourth-order valence-electron chi connectivity index (χ4n) is 2.28. The van der Waals surface area contributed by atoms with E-state index in [0.717, 1.165) is 16.7 Å². The average molecular weight is 326 g/mol. The van der Waals surface area contributed by atoms with Gasteiger partial charge in [-0.2, -0.15) is 0 Å². The molecule has 2 N–H and O–H groups in total. The van der Waals surface area contributed by atoms with Gasteiger partial charge < -0.3 is 15.4 Å². The summed E-state index contributed by atoms with van der Waals surface area (Å²) < 4.78 is 5.11. The number of nitrogens with one attached hydrogen (secondary N) is 2. The summed E-state index contributed by atoms with van der Waals surface area (Å²) in [6, 6.07) is 15.1. The fraction of sp³-hybridized carbons (Fsp3) is 0.263. The highest BCUT2D eigenvalue weighted by atomic mass is 16.5. The van der Waals surface area contributed by atoms with E-state index in [-0.39, 0.29) is 11.8 Å². The Hall–Kier alpha value is -2.66. The van der Waals surface area contributed by atoms with Gasteiger partial charge in [-0.25, -0.2) is 0 Å². The number of hydrogen-bond donors (Lipinski definition) is 2. The smallest absolute Gasteiger partial charge is 0.251 e. The predicted molar refractivity (Wildman–Crippen MR) is 92.3 cm³/mol. The maximum Gasteiger partial charge on any atom is 0.251 e. The molecule has 2 aromatic carbocycles. The van der Waals surface area contributed by atoms with Crippen molar-refractivity contribution in [3.63, 3.8) is 0 Å². The normalized spacial score (nSPS) is 10.2. The molecule has 126 valence electrons. The van der Waals surface area contributed by atoms with Gasteiger partial charge in [-0.05, 0) is 28.8 Å². The van der Waals surface area contributed by atoms with E-state index in [0.29, 0.717) is 25.3 Å². The molecule has 5 nitrogen and oxygen atoms in total. The van der Waals surface area contributed by atoms with Crippen molar-refractivity contribution in [2.75, 3.05) is 7.11 Å². The zero-order valence-corrected chi connectivity index (χ0v) is 14.0. The molecule has 0 aromatic heterocycles. The molecule has 0 spiro atoms. The van der Waals surface area contributed by atoms with Crippen LogP contribution in [0.3, 0.4) is 0 Å². The Balaban J connectivity index is 1.90. The Labute approximate surface area is 142 Å². The number of methoxy groups -OCH3 is 1. The fourth-order valence-corrected chi connectivity index (χ4v) is 2.28. The Morgan fingerprint density at radius 3 is 2.25 bits per heavy atom. The lowest BCUT2D eigenvalue weighted by Crippen LogP contribution is -2.23. The number of carbonyl (C=O) groups is 2. The van der Waals surface area contributed by atoms with Crippen LogP contribution in [0.1, 0.15) is 34.0 Å². The van der Waals surface area contributed by atoms with Crippen LogP contribution in [0.15, 0.2) is 48.5 Å². The summed E-state index contributed by atoms with van der Waals surface area (Å²) in [4.78, 5) is 23.1. The Kier molecular flexibility index (Phi) is 6.51. The molecular formula is C19H22N2O3. The molecule has 0 fully saturated rings. The highest BCUT2D eigenvalue weighted by molar-refractivity contribution is 5.94. The highest BCUT2D eigenvalue weighted by Crippen LogP contribution is 2.08. The first-order chi connectivity index (χ1) is 11.6. The van der Waals surface area contributed by atoms with Crippen molar-refractivity contribution in [2.45, 2.75) is 26.6 Å². The molecule has 2 amide bonds. The van der Waals surface area contributed by atoms with Gasteiger partial charge in [0, 0.05) is 32.7 Å². The molecule has 0 aliphatic carbocycles. The molecule has 0 unspecified atom stereocenters. The van der Waals surface area contributed by atoms with Gasteiger partial charge in [0.15, 0.2) is 0 Å². The second-order valence-electron chi connectivity index (χ2n) is 5.54. The summed E-state index contributed by atoms with van der Waals surface area (Å²) in [5.41, 5.74) is 3.65. The molecule has 0 saturated heterocycles. The first kappa shape index (κ1) is 17.7. The number of ether oxygens (including phenoxy) is 1. The third-order valence-electron chi connectivity index (χ3n) is 3.51. The zero-order chi connectivity index (χ0) is 17.4. The van der Waals surface area contributed by atoms with Crippen LogP contribution >= 0.6 is 0 Å². The summed E-state index contributed by atoms with van der Waals surface area (Å²) in [5.74, 6) is -0.203. The van der Waals surface area contributed by atoms with Gasteiger partial charge >= 0.3 is 0 Å². The van der Waals surface area contributed by atoms with Crippen molar-refractivity contribution in [1.29, 1.82) is 0 Å². The summed E-state index contributed by atoms with van der Waals surface area (Å²) in [6.45, 7) is 2.95. The topological polar surface area (TPSA) is 67.4 Å². The zero-order valence-electron chi connectivity index (χ0n) is 14.0. The SMILES string of the molecule is COCc1cccc(CNC(=O)c2ccc(CNC(C)=O)cc2)c1. The number of rotatable bonds is 7. The van der Waals surface area contributed by atoms with Gasteiger partial charge in [-0.3, -0.25) is 9.59 Å². The second kappa shape index (κ2) is 8.84. The molecule has 0 aliphatic heterocycles. The van der Waals surface area contributed by atoms with Crippen LogP contribution in [0.4, 0.5) is 0 Å². The van der Waals surface area contributed by atoms with E-state index in [1.54, 1.807) is 19.2 Å². The third kappa shape index (κ3) is 5.52. The minimum Gasteiger partial charge on any atom is -0.380 e. The van der Waals surface area contributed by atoms with Crippen LogP contribution in [0.25, 0.3) is 0 Å². The van der Waals surface area contributed by atoms with E-state index >= 15 is 0 Å². The van der Waals surface area contributed by atoms with Gasteiger partial charge in [-0.1, -0.05) is 36.4 Å². The second-order valence-corrected chi connectivity index (χ2v) is 5.54. The number of hydrogen-bond acceptors (Lipinski definition) is 3. The lowest BCUT2D eigenvalue weighted by molar-refractivity contribution is -0.119. The van der Waals surface area contributed by atoms with Crippen LogP contribution in [0.5, 0.6) is 0 Å². The molecule has 2 rings (SSSR count). The van der Waals surface area contributed by atoms with E-state index < -0.39 is 0 Å². The summed E-state index contributed by atoms with van der Waals surface area (Å²) in [5, 5.41) is 5.63. The molecule has 0 aliphatic rings. The van der Waals surface area contributed by atoms with Gasteiger partial charge in [0.05, 0.1) is 6.61 Å². The first-order valence-electron chi connectivity index (χ1n) is 7.77. The van der Waals surface area contributed by atoms with Crippen molar-refractivity contribution >= 4 is 11.8 Å². The van der Waals surface area contributed by atoms with Crippen LogP contribution in [-0.4, -0.2) is 18.9 Å². The minimum absolute atomic E-state index is 0.0764. The molecule has 0 radical (unpaired) electrons. The maximum absolute atomic E-state index is 12.2. The van der Waals surface area contributed by atoms with Gasteiger partial charge in [0.2, 0.25) is 5.91 Å². The molecular weight excluding hydrogens is 304 g/mol. The molecule has 0 saturated carbocycles. The van der Waals surface area contributed by atoms with Crippen molar-refractivity contribution in [1.82, 2.24) is 10.6 Å². The number of carbonyl (C=O) groups excluding carboxylic acids is 2. The molecule has 0 heterocycles. The molecule has 5 heteroatoms. The van der Waals surface area contributed by atoms with Crippen molar-refractivity contribution in [2.24, 2.45) is 0 Å². The number of benzene rings is 2. The van der Waals surface area contributed by atoms with E-state index in [1.807, 2.05) is 36.4 Å². The Morgan fingerprint density at radius 1 is 0.917 bits per heavy atom. The average Bonchev–Trinajstić information content (AvgIpc) is 2.59. The van der Waals surface area contributed by atoms with Crippen LogP contribution < -0.4 is 10.6 Å². The molecule has 2 aromatic rings. The highest BCUT2D eigenvalue weighted by Gasteiger charge is 2.06. The lowest BCUT2D eigenvalue weighted by atomic mass is 10.1. The molecule has 24 heavy (non-hydrogen) atoms. The van der Waals surface area contributed by atoms with Crippen LogP contribution in [0, 0.1) is 0 Å². The predicted octanol–water partition coefficient (Wildman–Crippen LogP) is 2.40. The van der Waals surface area contributed by atoms with Crippen molar-refractivity contribution < 1.29 is 14.3 Å². The Morgan fingerprint density at radius 2 is 1.58 bits per heavy atom. The van der Waals surface area contributed by atoms with Gasteiger partial charge in [0.1, 0.15) is 0 Å². The van der Waals surface area contributed by atoms with Crippen molar-refractivity contribution in [3.05, 3.63) is 70.8 Å². The summed E-state index contributed by atoms with van der Waals surface area (Å²) in [6.07, 6.45) is 0. The van der Waals surface area contributed by atoms with E-state index in [2.05, 4.69) is 10.6 Å². The minimum atomic E-state index is -0.127. The first-order valence-corrected chi connectivity index (χ1v) is 7.77. The van der Waals surface area contributed by atoms with Crippen LogP contribution in [0.2, 0.25) is 0 Å². The van der Waals surface area contributed by atoms with E-state index in [1.165, 1.54) is 6.92 Å². The lowest BCUT2D eigenvalue weighted by Gasteiger charge is -2.08. The molecule has 0 bridgehead atoms. The maximum atomic E-state index is 12.2. The Bertz CT molecular complexity index is 696. The summed E-state index contributed by atoms with van der Waals surface area (Å²) >= 11 is 0. The third-order valence-corrected chi connectivity index (χ3v) is 3.51. The standard InChI is InChI=1S/C19H22N2O3/c1-14(22)20-11-15-6-8-18(9-7-15)19(23)21-12-16-4-3-5-17(10-16)13-24-2/h3-10H,11-13H2,1-2H3,(H,20,22)(H,21,23). The summed E-state index contributed by atoms with van der Waals surface area (Å²) in [7, 11) is 1.66. The van der Waals surface area contributed by atoms with Crippen LogP contribution in [-0.2, 0) is 29.2 Å². The quantitative estimate of drug-likeness (QED) is 0.821. The van der Waals surface area contributed by atoms with Gasteiger partial charge in [0.25, 0.3) is 5.91 Å². The van der Waals surface area contributed by atoms with Gasteiger partial charge in [-0.15, -0.1) is 0 Å². The molecule has 0 atom stereocenters. The van der Waals surface area contributed by atoms with Crippen molar-refractivity contribution in [3.8, 4) is 0 Å². The largest absolute Gasteiger partial charge is 0.380 e. The number of amides is 2. The monoisotopic (exact) mass is 326 g/mol. The van der Waals surface area contributed by atoms with E-state index in [9.17, 15) is 9.59 Å².